The van der Waals surface area contributed by atoms with E-state index in [0.717, 1.165) is 31.0 Å². The van der Waals surface area contributed by atoms with Crippen LogP contribution in [0.1, 0.15) is 45.6 Å². The van der Waals surface area contributed by atoms with Crippen molar-refractivity contribution in [3.63, 3.8) is 0 Å². The summed E-state index contributed by atoms with van der Waals surface area (Å²) in [5.74, 6) is -0.817. The molecule has 3 rings (SSSR count). The van der Waals surface area contributed by atoms with Crippen LogP contribution in [-0.4, -0.2) is 24.6 Å². The Morgan fingerprint density at radius 2 is 1.86 bits per heavy atom. The molecule has 1 fully saturated rings. The number of fused-ring (bicyclic) bond motifs is 1. The molecule has 0 N–H and O–H groups in total. The van der Waals surface area contributed by atoms with E-state index in [1.165, 1.54) is 6.08 Å². The number of esters is 1. The molecule has 28 heavy (non-hydrogen) atoms. The van der Waals surface area contributed by atoms with Gasteiger partial charge in [0.1, 0.15) is 18.7 Å². The molecule has 4 heteroatoms. The number of rotatable bonds is 5. The molecule has 0 amide bonds. The lowest BCUT2D eigenvalue weighted by atomic mass is 9.48. The Kier molecular flexibility index (Phi) is 5.69. The Morgan fingerprint density at radius 1 is 1.14 bits per heavy atom. The van der Waals surface area contributed by atoms with Crippen molar-refractivity contribution >= 4 is 24.6 Å². The second kappa shape index (κ2) is 7.86. The summed E-state index contributed by atoms with van der Waals surface area (Å²) in [5.41, 5.74) is 0.837. The van der Waals surface area contributed by atoms with E-state index in [1.54, 1.807) is 6.08 Å². The maximum Gasteiger partial charge on any atom is 0.331 e. The summed E-state index contributed by atoms with van der Waals surface area (Å²) in [4.78, 5) is 36.1. The van der Waals surface area contributed by atoms with E-state index in [4.69, 9.17) is 4.74 Å². The molecule has 0 spiro atoms. The van der Waals surface area contributed by atoms with Crippen molar-refractivity contribution in [2.45, 2.75) is 46.1 Å². The van der Waals surface area contributed by atoms with Gasteiger partial charge in [-0.05, 0) is 47.8 Å². The largest absolute Gasteiger partial charge is 0.459 e. The van der Waals surface area contributed by atoms with E-state index in [9.17, 15) is 14.4 Å². The summed E-state index contributed by atoms with van der Waals surface area (Å²) < 4.78 is 5.88. The van der Waals surface area contributed by atoms with Crippen molar-refractivity contribution in [3.05, 3.63) is 53.6 Å². The Balaban J connectivity index is 1.87. The van der Waals surface area contributed by atoms with Gasteiger partial charge < -0.3 is 9.53 Å². The van der Waals surface area contributed by atoms with Crippen molar-refractivity contribution in [2.75, 3.05) is 0 Å². The molecule has 1 saturated carbocycles. The van der Waals surface area contributed by atoms with Crippen molar-refractivity contribution in [2.24, 2.45) is 22.7 Å². The first-order chi connectivity index (χ1) is 13.3. The monoisotopic (exact) mass is 380 g/mol. The number of aldehydes is 2. The fourth-order valence-corrected chi connectivity index (χ4v) is 5.23. The molecular weight excluding hydrogens is 352 g/mol. The molecule has 0 bridgehead atoms. The fraction of sp³-hybridized carbons (Fsp3) is 0.458. The molecule has 0 radical (unpaired) electrons. The third-order valence-electron chi connectivity index (χ3n) is 6.80. The van der Waals surface area contributed by atoms with Gasteiger partial charge in [-0.3, -0.25) is 4.79 Å². The summed E-state index contributed by atoms with van der Waals surface area (Å²) >= 11 is 0. The third-order valence-corrected chi connectivity index (χ3v) is 6.80. The summed E-state index contributed by atoms with van der Waals surface area (Å²) in [6.07, 6.45) is 8.58. The van der Waals surface area contributed by atoms with Crippen molar-refractivity contribution < 1.29 is 19.1 Å². The molecule has 4 atom stereocenters. The molecule has 1 aromatic carbocycles. The summed E-state index contributed by atoms with van der Waals surface area (Å²) in [6, 6.07) is 9.55. The predicted octanol–water partition coefficient (Wildman–Crippen LogP) is 4.40. The van der Waals surface area contributed by atoms with Crippen LogP contribution in [0.2, 0.25) is 0 Å². The molecule has 2 aliphatic rings. The van der Waals surface area contributed by atoms with Crippen LogP contribution in [-0.2, 0) is 19.1 Å². The number of carbonyl (C=O) groups is 3. The van der Waals surface area contributed by atoms with Gasteiger partial charge in [-0.2, -0.15) is 0 Å². The van der Waals surface area contributed by atoms with Gasteiger partial charge in [0, 0.05) is 11.5 Å². The summed E-state index contributed by atoms with van der Waals surface area (Å²) in [6.45, 7) is 6.41. The minimum Gasteiger partial charge on any atom is -0.459 e. The molecule has 2 aliphatic carbocycles. The average Bonchev–Trinajstić information content (AvgIpc) is 2.68. The van der Waals surface area contributed by atoms with Gasteiger partial charge in [0.2, 0.25) is 0 Å². The number of hydrogen-bond acceptors (Lipinski definition) is 4. The summed E-state index contributed by atoms with van der Waals surface area (Å²) in [5, 5.41) is 0. The van der Waals surface area contributed by atoms with E-state index >= 15 is 0 Å². The highest BCUT2D eigenvalue weighted by atomic mass is 16.5. The van der Waals surface area contributed by atoms with E-state index < -0.39 is 23.4 Å². The van der Waals surface area contributed by atoms with Crippen molar-refractivity contribution in [1.29, 1.82) is 0 Å². The number of ether oxygens (including phenoxy) is 1. The normalized spacial score (nSPS) is 31.5. The van der Waals surface area contributed by atoms with E-state index in [-0.39, 0.29) is 11.3 Å². The van der Waals surface area contributed by atoms with Crippen LogP contribution in [0.3, 0.4) is 0 Å². The first-order valence-electron chi connectivity index (χ1n) is 9.87. The predicted molar refractivity (Wildman–Crippen MR) is 108 cm³/mol. The van der Waals surface area contributed by atoms with Crippen LogP contribution >= 0.6 is 0 Å². The zero-order chi connectivity index (χ0) is 20.4. The lowest BCUT2D eigenvalue weighted by Gasteiger charge is -2.57. The SMILES string of the molecule is CC1(C)CC[C@@H](OC(=O)/C=C/c2ccccc2)[C@]2(C)[C@@H](C=O)C(C=O)=CC[C@@H]12. The molecule has 0 aromatic heterocycles. The van der Waals surface area contributed by atoms with Crippen LogP contribution in [0.15, 0.2) is 48.1 Å². The smallest absolute Gasteiger partial charge is 0.331 e. The topological polar surface area (TPSA) is 60.4 Å². The highest BCUT2D eigenvalue weighted by Gasteiger charge is 2.58. The minimum atomic E-state index is -0.593. The molecular formula is C24H28O4. The quantitative estimate of drug-likeness (QED) is 0.432. The Morgan fingerprint density at radius 3 is 2.50 bits per heavy atom. The number of carbonyl (C=O) groups excluding carboxylic acids is 3. The van der Waals surface area contributed by atoms with Gasteiger partial charge in [-0.25, -0.2) is 4.79 Å². The zero-order valence-corrected chi connectivity index (χ0v) is 16.8. The lowest BCUT2D eigenvalue weighted by Crippen LogP contribution is -2.57. The number of allylic oxidation sites excluding steroid dienone is 2. The van der Waals surface area contributed by atoms with Gasteiger partial charge in [0.05, 0.1) is 5.92 Å². The standard InChI is InChI=1S/C24H28O4/c1-23(2)14-13-21(28-22(27)12-9-17-7-5-4-6-8-17)24(3)19(16-26)18(15-25)10-11-20(23)24/h4-10,12,15-16,19-21H,11,13-14H2,1-3H3/b12-9+/t19-,20-,21+,24+/m0/s1. The average molecular weight is 380 g/mol. The lowest BCUT2D eigenvalue weighted by molar-refractivity contribution is -0.175. The Labute approximate surface area is 166 Å². The van der Waals surface area contributed by atoms with Crippen LogP contribution in [0.25, 0.3) is 6.08 Å². The molecule has 0 unspecified atom stereocenters. The molecule has 0 saturated heterocycles. The molecule has 1 aromatic rings. The van der Waals surface area contributed by atoms with Crippen LogP contribution < -0.4 is 0 Å². The van der Waals surface area contributed by atoms with E-state index in [1.807, 2.05) is 43.3 Å². The second-order valence-electron chi connectivity index (χ2n) is 8.79. The second-order valence-corrected chi connectivity index (χ2v) is 8.79. The Hall–Kier alpha value is -2.49. The van der Waals surface area contributed by atoms with Crippen LogP contribution in [0.4, 0.5) is 0 Å². The fourth-order valence-electron chi connectivity index (χ4n) is 5.23. The molecule has 148 valence electrons. The van der Waals surface area contributed by atoms with Gasteiger partial charge in [0.15, 0.2) is 0 Å². The molecule has 0 aliphatic heterocycles. The molecule has 0 heterocycles. The number of benzene rings is 1. The minimum absolute atomic E-state index is 0.00368. The summed E-state index contributed by atoms with van der Waals surface area (Å²) in [7, 11) is 0. The van der Waals surface area contributed by atoms with Crippen molar-refractivity contribution in [1.82, 2.24) is 0 Å². The van der Waals surface area contributed by atoms with Gasteiger partial charge in [0.25, 0.3) is 0 Å². The highest BCUT2D eigenvalue weighted by molar-refractivity contribution is 5.87. The van der Waals surface area contributed by atoms with E-state index in [0.29, 0.717) is 12.0 Å². The van der Waals surface area contributed by atoms with Crippen LogP contribution in [0, 0.1) is 22.7 Å². The first kappa shape index (κ1) is 20.2. The van der Waals surface area contributed by atoms with Gasteiger partial charge >= 0.3 is 5.97 Å². The zero-order valence-electron chi connectivity index (χ0n) is 16.8. The van der Waals surface area contributed by atoms with Gasteiger partial charge in [-0.15, -0.1) is 0 Å². The number of hydrogen-bond donors (Lipinski definition) is 0. The van der Waals surface area contributed by atoms with E-state index in [2.05, 4.69) is 13.8 Å². The highest BCUT2D eigenvalue weighted by Crippen LogP contribution is 2.59. The molecule has 4 nitrogen and oxygen atoms in total. The van der Waals surface area contributed by atoms with Gasteiger partial charge in [-0.1, -0.05) is 57.2 Å². The maximum absolute atomic E-state index is 12.5. The first-order valence-corrected chi connectivity index (χ1v) is 9.87. The van der Waals surface area contributed by atoms with Crippen molar-refractivity contribution in [3.8, 4) is 0 Å². The third kappa shape index (κ3) is 3.60. The Bertz CT molecular complexity index is 805. The van der Waals surface area contributed by atoms with Crippen LogP contribution in [0.5, 0.6) is 0 Å². The maximum atomic E-state index is 12.5.